The number of hydrogen-bond acceptors (Lipinski definition) is 6. The maximum Gasteiger partial charge on any atom is 0.309 e. The zero-order valence-corrected chi connectivity index (χ0v) is 19.7. The van der Waals surface area contributed by atoms with E-state index in [4.69, 9.17) is 9.47 Å². The number of piperidine rings is 1. The number of carbonyl (C=O) groups excluding carboxylic acids is 2. The Balaban J connectivity index is 1.48. The molecule has 2 aliphatic rings. The fourth-order valence-electron chi connectivity index (χ4n) is 4.29. The normalized spacial score (nSPS) is 20.2. The van der Waals surface area contributed by atoms with Crippen LogP contribution in [0.4, 0.5) is 0 Å². The Labute approximate surface area is 190 Å². The van der Waals surface area contributed by atoms with Gasteiger partial charge in [0.25, 0.3) is 5.91 Å². The molecule has 9 heteroatoms. The van der Waals surface area contributed by atoms with Crippen LogP contribution in [0.3, 0.4) is 0 Å². The maximum atomic E-state index is 12.9. The van der Waals surface area contributed by atoms with Crippen LogP contribution in [-0.4, -0.2) is 56.9 Å². The SMILES string of the molecule is COc1ccc(S(=O)(=O)N2CCC(C(=O)OC(C)C(=O)NC3CCCCCC3)CC2)cc1. The lowest BCUT2D eigenvalue weighted by Crippen LogP contribution is -2.44. The molecule has 3 rings (SSSR count). The third-order valence-electron chi connectivity index (χ3n) is 6.35. The average molecular weight is 467 g/mol. The maximum absolute atomic E-state index is 12.9. The van der Waals surface area contributed by atoms with Crippen molar-refractivity contribution in [2.24, 2.45) is 5.92 Å². The van der Waals surface area contributed by atoms with Crippen molar-refractivity contribution in [1.29, 1.82) is 0 Å². The van der Waals surface area contributed by atoms with Crippen LogP contribution in [0.2, 0.25) is 0 Å². The van der Waals surface area contributed by atoms with E-state index in [0.717, 1.165) is 25.7 Å². The smallest absolute Gasteiger partial charge is 0.309 e. The van der Waals surface area contributed by atoms with Gasteiger partial charge in [-0.1, -0.05) is 25.7 Å². The first-order valence-electron chi connectivity index (χ1n) is 11.5. The van der Waals surface area contributed by atoms with Gasteiger partial charge in [0.2, 0.25) is 10.0 Å². The van der Waals surface area contributed by atoms with E-state index in [1.54, 1.807) is 19.1 Å². The number of methoxy groups -OCH3 is 1. The van der Waals surface area contributed by atoms with Gasteiger partial charge in [-0.3, -0.25) is 9.59 Å². The average Bonchev–Trinajstić information content (AvgIpc) is 3.07. The summed E-state index contributed by atoms with van der Waals surface area (Å²) in [6.45, 7) is 2.06. The van der Waals surface area contributed by atoms with Crippen molar-refractivity contribution in [3.63, 3.8) is 0 Å². The van der Waals surface area contributed by atoms with Gasteiger partial charge >= 0.3 is 5.97 Å². The van der Waals surface area contributed by atoms with E-state index in [1.807, 2.05) is 0 Å². The van der Waals surface area contributed by atoms with Crippen LogP contribution in [0.15, 0.2) is 29.2 Å². The van der Waals surface area contributed by atoms with E-state index in [-0.39, 0.29) is 29.9 Å². The number of nitrogens with one attached hydrogen (secondary N) is 1. The second kappa shape index (κ2) is 11.1. The molecular weight excluding hydrogens is 432 g/mol. The minimum Gasteiger partial charge on any atom is -0.497 e. The lowest BCUT2D eigenvalue weighted by atomic mass is 9.98. The fraction of sp³-hybridized carbons (Fsp3) is 0.652. The molecule has 1 aromatic carbocycles. The van der Waals surface area contributed by atoms with Crippen molar-refractivity contribution in [3.8, 4) is 5.75 Å². The van der Waals surface area contributed by atoms with Gasteiger partial charge in [-0.05, 0) is 56.9 Å². The quantitative estimate of drug-likeness (QED) is 0.490. The summed E-state index contributed by atoms with van der Waals surface area (Å²) < 4.78 is 37.6. The first-order valence-corrected chi connectivity index (χ1v) is 12.9. The third-order valence-corrected chi connectivity index (χ3v) is 8.26. The Morgan fingerprint density at radius 3 is 2.16 bits per heavy atom. The van der Waals surface area contributed by atoms with Crippen molar-refractivity contribution in [1.82, 2.24) is 9.62 Å². The van der Waals surface area contributed by atoms with E-state index in [9.17, 15) is 18.0 Å². The molecule has 1 N–H and O–H groups in total. The number of rotatable bonds is 7. The van der Waals surface area contributed by atoms with E-state index in [0.29, 0.717) is 18.6 Å². The molecule has 8 nitrogen and oxygen atoms in total. The lowest BCUT2D eigenvalue weighted by Gasteiger charge is -2.30. The number of sulfonamides is 1. The number of hydrogen-bond donors (Lipinski definition) is 1. The molecule has 32 heavy (non-hydrogen) atoms. The molecule has 0 aromatic heterocycles. The van der Waals surface area contributed by atoms with Gasteiger partial charge in [-0.2, -0.15) is 4.31 Å². The number of benzene rings is 1. The number of ether oxygens (including phenoxy) is 2. The van der Waals surface area contributed by atoms with E-state index >= 15 is 0 Å². The third kappa shape index (κ3) is 6.22. The van der Waals surface area contributed by atoms with Crippen LogP contribution in [0, 0.1) is 5.92 Å². The molecule has 2 fully saturated rings. The van der Waals surface area contributed by atoms with E-state index in [2.05, 4.69) is 5.32 Å². The summed E-state index contributed by atoms with van der Waals surface area (Å²) in [5, 5.41) is 3.01. The molecular formula is C23H34N2O6S. The zero-order valence-electron chi connectivity index (χ0n) is 18.9. The molecule has 1 saturated carbocycles. The van der Waals surface area contributed by atoms with E-state index < -0.39 is 28.0 Å². The van der Waals surface area contributed by atoms with E-state index in [1.165, 1.54) is 36.4 Å². The Morgan fingerprint density at radius 2 is 1.59 bits per heavy atom. The fourth-order valence-corrected chi connectivity index (χ4v) is 5.76. The first-order chi connectivity index (χ1) is 15.3. The molecule has 1 aliphatic carbocycles. The van der Waals surface area contributed by atoms with Gasteiger partial charge in [-0.25, -0.2) is 8.42 Å². The van der Waals surface area contributed by atoms with Crippen LogP contribution >= 0.6 is 0 Å². The Kier molecular flexibility index (Phi) is 8.53. The molecule has 1 unspecified atom stereocenters. The molecule has 178 valence electrons. The largest absolute Gasteiger partial charge is 0.497 e. The molecule has 0 radical (unpaired) electrons. The summed E-state index contributed by atoms with van der Waals surface area (Å²) in [4.78, 5) is 25.2. The van der Waals surface area contributed by atoms with Gasteiger partial charge in [0.1, 0.15) is 5.75 Å². The molecule has 1 heterocycles. The zero-order chi connectivity index (χ0) is 23.1. The minimum atomic E-state index is -3.63. The summed E-state index contributed by atoms with van der Waals surface area (Å²) in [7, 11) is -2.11. The molecule has 1 aliphatic heterocycles. The molecule has 1 amide bonds. The molecule has 1 atom stereocenters. The highest BCUT2D eigenvalue weighted by Crippen LogP contribution is 2.26. The molecule has 1 aromatic rings. The van der Waals surface area contributed by atoms with Crippen LogP contribution < -0.4 is 10.1 Å². The second-order valence-corrected chi connectivity index (χ2v) is 10.6. The van der Waals surface area contributed by atoms with Gasteiger partial charge < -0.3 is 14.8 Å². The first kappa shape index (κ1) is 24.5. The van der Waals surface area contributed by atoms with Crippen LogP contribution in [0.25, 0.3) is 0 Å². The summed E-state index contributed by atoms with van der Waals surface area (Å²) in [6.07, 6.45) is 6.42. The van der Waals surface area contributed by atoms with Gasteiger partial charge in [0.15, 0.2) is 6.10 Å². The highest BCUT2D eigenvalue weighted by molar-refractivity contribution is 7.89. The van der Waals surface area contributed by atoms with Crippen molar-refractivity contribution in [3.05, 3.63) is 24.3 Å². The Bertz CT molecular complexity index is 870. The van der Waals surface area contributed by atoms with Gasteiger partial charge in [0, 0.05) is 19.1 Å². The van der Waals surface area contributed by atoms with Crippen LogP contribution in [-0.2, 0) is 24.3 Å². The number of carbonyl (C=O) groups is 2. The van der Waals surface area contributed by atoms with Crippen molar-refractivity contribution in [2.45, 2.75) is 75.3 Å². The highest BCUT2D eigenvalue weighted by Gasteiger charge is 2.34. The molecule has 0 spiro atoms. The summed E-state index contributed by atoms with van der Waals surface area (Å²) in [6, 6.07) is 6.40. The topological polar surface area (TPSA) is 102 Å². The van der Waals surface area contributed by atoms with Crippen molar-refractivity contribution >= 4 is 21.9 Å². The second-order valence-electron chi connectivity index (χ2n) is 8.63. The number of amides is 1. The summed E-state index contributed by atoms with van der Waals surface area (Å²) in [5.41, 5.74) is 0. The standard InChI is InChI=1S/C23H34N2O6S/c1-17(22(26)24-19-7-5-3-4-6-8-19)31-23(27)18-13-15-25(16-14-18)32(28,29)21-11-9-20(30-2)10-12-21/h9-12,17-19H,3-8,13-16H2,1-2H3,(H,24,26). The number of esters is 1. The Morgan fingerprint density at radius 1 is 1.00 bits per heavy atom. The summed E-state index contributed by atoms with van der Waals surface area (Å²) in [5.74, 6) is -0.521. The molecule has 1 saturated heterocycles. The van der Waals surface area contributed by atoms with Crippen molar-refractivity contribution < 1.29 is 27.5 Å². The van der Waals surface area contributed by atoms with Crippen molar-refractivity contribution in [2.75, 3.05) is 20.2 Å². The van der Waals surface area contributed by atoms with Crippen LogP contribution in [0.1, 0.15) is 58.3 Å². The van der Waals surface area contributed by atoms with Gasteiger partial charge in [-0.15, -0.1) is 0 Å². The highest BCUT2D eigenvalue weighted by atomic mass is 32.2. The monoisotopic (exact) mass is 466 g/mol. The summed E-state index contributed by atoms with van der Waals surface area (Å²) >= 11 is 0. The number of nitrogens with zero attached hydrogens (tertiary/aromatic N) is 1. The van der Waals surface area contributed by atoms with Crippen LogP contribution in [0.5, 0.6) is 5.75 Å². The van der Waals surface area contributed by atoms with Gasteiger partial charge in [0.05, 0.1) is 17.9 Å². The molecule has 0 bridgehead atoms. The Hall–Kier alpha value is -2.13. The lowest BCUT2D eigenvalue weighted by molar-refractivity contribution is -0.160. The predicted octanol–water partition coefficient (Wildman–Crippen LogP) is 2.87. The minimum absolute atomic E-state index is 0.151. The predicted molar refractivity (Wildman–Crippen MR) is 120 cm³/mol.